The average molecular weight is 288 g/mol. The second-order valence-corrected chi connectivity index (χ2v) is 7.71. The van der Waals surface area contributed by atoms with Crippen LogP contribution >= 0.6 is 0 Å². The van der Waals surface area contributed by atoms with Crippen LogP contribution in [0.5, 0.6) is 0 Å². The number of nitrogens with one attached hydrogen (secondary N) is 1. The summed E-state index contributed by atoms with van der Waals surface area (Å²) in [6.45, 7) is 10.2. The summed E-state index contributed by atoms with van der Waals surface area (Å²) in [5, 5.41) is 3.71. The van der Waals surface area contributed by atoms with Crippen molar-refractivity contribution >= 4 is 5.82 Å². The molecular formula is C17H28N4. The molecule has 1 saturated heterocycles. The highest BCUT2D eigenvalue weighted by Crippen LogP contribution is 2.41. The van der Waals surface area contributed by atoms with Gasteiger partial charge in [0, 0.05) is 31.0 Å². The quantitative estimate of drug-likeness (QED) is 0.928. The largest absolute Gasteiger partial charge is 0.355 e. The first-order chi connectivity index (χ1) is 10.0. The Bertz CT molecular complexity index is 454. The number of fused-ring (bicyclic) bond motifs is 1. The number of nitrogens with zero attached hydrogens (tertiary/aromatic N) is 3. The summed E-state index contributed by atoms with van der Waals surface area (Å²) in [7, 11) is 0. The molecule has 1 aliphatic heterocycles. The third-order valence-corrected chi connectivity index (χ3v) is 5.02. The molecule has 21 heavy (non-hydrogen) atoms. The van der Waals surface area contributed by atoms with Crippen LogP contribution in [0, 0.1) is 17.8 Å². The van der Waals surface area contributed by atoms with E-state index >= 15 is 0 Å². The van der Waals surface area contributed by atoms with Gasteiger partial charge in [0.2, 0.25) is 0 Å². The third-order valence-electron chi connectivity index (χ3n) is 5.02. The number of anilines is 1. The van der Waals surface area contributed by atoms with Crippen molar-refractivity contribution in [3.8, 4) is 0 Å². The van der Waals surface area contributed by atoms with Gasteiger partial charge in [-0.25, -0.2) is 4.98 Å². The van der Waals surface area contributed by atoms with E-state index in [4.69, 9.17) is 0 Å². The fraction of sp³-hybridized carbons (Fsp3) is 0.765. The zero-order valence-electron chi connectivity index (χ0n) is 13.5. The molecule has 4 nitrogen and oxygen atoms in total. The summed E-state index contributed by atoms with van der Waals surface area (Å²) >= 11 is 0. The summed E-state index contributed by atoms with van der Waals surface area (Å²) in [5.74, 6) is 3.52. The lowest BCUT2D eigenvalue weighted by Crippen LogP contribution is -2.43. The minimum atomic E-state index is 0.218. The number of hydrogen-bond acceptors (Lipinski definition) is 4. The predicted molar refractivity (Wildman–Crippen MR) is 86.3 cm³/mol. The minimum Gasteiger partial charge on any atom is -0.355 e. The monoisotopic (exact) mass is 288 g/mol. The number of rotatable bonds is 3. The summed E-state index contributed by atoms with van der Waals surface area (Å²) < 4.78 is 0. The molecule has 0 aromatic carbocycles. The van der Waals surface area contributed by atoms with E-state index in [-0.39, 0.29) is 5.54 Å². The van der Waals surface area contributed by atoms with Crippen LogP contribution in [0.1, 0.15) is 40.0 Å². The highest BCUT2D eigenvalue weighted by molar-refractivity contribution is 5.37. The van der Waals surface area contributed by atoms with Gasteiger partial charge in [-0.2, -0.15) is 0 Å². The van der Waals surface area contributed by atoms with Crippen molar-refractivity contribution in [1.82, 2.24) is 15.3 Å². The van der Waals surface area contributed by atoms with E-state index in [9.17, 15) is 0 Å². The molecule has 0 radical (unpaired) electrons. The molecule has 3 atom stereocenters. The molecule has 0 unspecified atom stereocenters. The first-order valence-electron chi connectivity index (χ1n) is 8.29. The van der Waals surface area contributed by atoms with Gasteiger partial charge in [-0.3, -0.25) is 4.98 Å². The van der Waals surface area contributed by atoms with E-state index in [1.807, 2.05) is 6.20 Å². The molecular weight excluding hydrogens is 260 g/mol. The van der Waals surface area contributed by atoms with Gasteiger partial charge in [0.15, 0.2) is 0 Å². The van der Waals surface area contributed by atoms with Gasteiger partial charge in [0.1, 0.15) is 5.82 Å². The first kappa shape index (κ1) is 14.8. The van der Waals surface area contributed by atoms with Crippen LogP contribution in [-0.2, 0) is 0 Å². The van der Waals surface area contributed by atoms with Crippen LogP contribution in [0.4, 0.5) is 5.82 Å². The molecule has 1 aromatic heterocycles. The van der Waals surface area contributed by atoms with Gasteiger partial charge in [-0.15, -0.1) is 0 Å². The summed E-state index contributed by atoms with van der Waals surface area (Å²) in [6.07, 6.45) is 9.59. The predicted octanol–water partition coefficient (Wildman–Crippen LogP) is 2.72. The van der Waals surface area contributed by atoms with Crippen molar-refractivity contribution in [2.45, 2.75) is 45.6 Å². The van der Waals surface area contributed by atoms with E-state index in [0.29, 0.717) is 0 Å². The van der Waals surface area contributed by atoms with Crippen molar-refractivity contribution in [3.05, 3.63) is 18.6 Å². The van der Waals surface area contributed by atoms with E-state index < -0.39 is 0 Å². The third kappa shape index (κ3) is 3.54. The lowest BCUT2D eigenvalue weighted by molar-refractivity contribution is 0.184. The topological polar surface area (TPSA) is 41.0 Å². The van der Waals surface area contributed by atoms with Crippen molar-refractivity contribution in [2.24, 2.45) is 17.8 Å². The SMILES string of the molecule is CC(C)(C)NC[C@@H]1CCC[C@@H]2CN(c3cnccn3)C[C@@H]21. The van der Waals surface area contributed by atoms with E-state index in [2.05, 4.69) is 41.0 Å². The van der Waals surface area contributed by atoms with Crippen LogP contribution in [0.25, 0.3) is 0 Å². The Kier molecular flexibility index (Phi) is 4.16. The summed E-state index contributed by atoms with van der Waals surface area (Å²) in [6, 6.07) is 0. The second kappa shape index (κ2) is 5.91. The average Bonchev–Trinajstić information content (AvgIpc) is 2.89. The minimum absolute atomic E-state index is 0.218. The van der Waals surface area contributed by atoms with E-state index in [1.54, 1.807) is 12.4 Å². The van der Waals surface area contributed by atoms with Gasteiger partial charge in [0.05, 0.1) is 6.20 Å². The lowest BCUT2D eigenvalue weighted by atomic mass is 9.73. The second-order valence-electron chi connectivity index (χ2n) is 7.71. The van der Waals surface area contributed by atoms with Gasteiger partial charge < -0.3 is 10.2 Å². The maximum absolute atomic E-state index is 4.48. The van der Waals surface area contributed by atoms with Crippen molar-refractivity contribution in [1.29, 1.82) is 0 Å². The van der Waals surface area contributed by atoms with Crippen LogP contribution in [0.15, 0.2) is 18.6 Å². The molecule has 1 aromatic rings. The molecule has 0 amide bonds. The molecule has 116 valence electrons. The van der Waals surface area contributed by atoms with Gasteiger partial charge >= 0.3 is 0 Å². The molecule has 3 rings (SSSR count). The fourth-order valence-corrected chi connectivity index (χ4v) is 3.92. The highest BCUT2D eigenvalue weighted by atomic mass is 15.2. The number of hydrogen-bond donors (Lipinski definition) is 1. The molecule has 2 aliphatic rings. The molecule has 4 heteroatoms. The maximum Gasteiger partial charge on any atom is 0.147 e. The normalized spacial score (nSPS) is 29.5. The van der Waals surface area contributed by atoms with Crippen molar-refractivity contribution in [3.63, 3.8) is 0 Å². The van der Waals surface area contributed by atoms with Gasteiger partial charge in [0.25, 0.3) is 0 Å². The number of aromatic nitrogens is 2. The molecule has 1 N–H and O–H groups in total. The Labute approximate surface area is 128 Å². The van der Waals surface area contributed by atoms with Gasteiger partial charge in [-0.05, 0) is 57.9 Å². The van der Waals surface area contributed by atoms with Crippen LogP contribution in [0.3, 0.4) is 0 Å². The zero-order chi connectivity index (χ0) is 14.9. The maximum atomic E-state index is 4.48. The highest BCUT2D eigenvalue weighted by Gasteiger charge is 2.40. The fourth-order valence-electron chi connectivity index (χ4n) is 3.92. The van der Waals surface area contributed by atoms with Crippen LogP contribution in [0.2, 0.25) is 0 Å². The molecule has 2 heterocycles. The zero-order valence-corrected chi connectivity index (χ0v) is 13.5. The van der Waals surface area contributed by atoms with Crippen LogP contribution < -0.4 is 10.2 Å². The van der Waals surface area contributed by atoms with E-state index in [0.717, 1.165) is 43.2 Å². The summed E-state index contributed by atoms with van der Waals surface area (Å²) in [4.78, 5) is 11.1. The lowest BCUT2D eigenvalue weighted by Gasteiger charge is -2.35. The Morgan fingerprint density at radius 2 is 2.10 bits per heavy atom. The van der Waals surface area contributed by atoms with Crippen molar-refractivity contribution in [2.75, 3.05) is 24.5 Å². The Morgan fingerprint density at radius 3 is 2.81 bits per heavy atom. The molecule has 1 aliphatic carbocycles. The smallest absolute Gasteiger partial charge is 0.147 e. The van der Waals surface area contributed by atoms with Crippen molar-refractivity contribution < 1.29 is 0 Å². The summed E-state index contributed by atoms with van der Waals surface area (Å²) in [5.41, 5.74) is 0.218. The Balaban J connectivity index is 1.65. The van der Waals surface area contributed by atoms with Gasteiger partial charge in [-0.1, -0.05) is 6.42 Å². The standard InChI is InChI=1S/C17H28N4/c1-17(2,3)20-9-13-5-4-6-14-11-21(12-15(13)14)16-10-18-7-8-19-16/h7-8,10,13-15,20H,4-6,9,11-12H2,1-3H3/t13-,14+,15+/m0/s1. The molecule has 2 fully saturated rings. The Morgan fingerprint density at radius 1 is 1.24 bits per heavy atom. The Hall–Kier alpha value is -1.16. The molecule has 0 bridgehead atoms. The molecule has 1 saturated carbocycles. The molecule has 0 spiro atoms. The van der Waals surface area contributed by atoms with Crippen LogP contribution in [-0.4, -0.2) is 35.1 Å². The first-order valence-corrected chi connectivity index (χ1v) is 8.29. The van der Waals surface area contributed by atoms with E-state index in [1.165, 1.54) is 19.3 Å².